The molecule has 3 N–H and O–H groups in total. The first-order chi connectivity index (χ1) is 13.3. The molecule has 0 saturated carbocycles. The Balaban J connectivity index is 1.77. The van der Waals surface area contributed by atoms with Crippen molar-refractivity contribution in [2.75, 3.05) is 10.0 Å². The Kier molecular flexibility index (Phi) is 5.14. The molecule has 9 nitrogen and oxygen atoms in total. The zero-order valence-electron chi connectivity index (χ0n) is 14.7. The van der Waals surface area contributed by atoms with Crippen molar-refractivity contribution in [1.29, 1.82) is 0 Å². The standard InChI is InChI=1S/C18H16N4O5S/c1-22-16(10-11-19-22)21-28(26,27)13-8-6-12(7-9-13)20-17(23)14-4-2-3-5-15(14)18(24)25/h2-11,21H,1H3,(H,20,23)(H,24,25). The number of hydrogen-bond donors (Lipinski definition) is 3. The minimum Gasteiger partial charge on any atom is -0.478 e. The third kappa shape index (κ3) is 4.01. The van der Waals surface area contributed by atoms with E-state index in [-0.39, 0.29) is 16.0 Å². The number of hydrogen-bond acceptors (Lipinski definition) is 5. The van der Waals surface area contributed by atoms with E-state index < -0.39 is 21.9 Å². The highest BCUT2D eigenvalue weighted by Gasteiger charge is 2.18. The summed E-state index contributed by atoms with van der Waals surface area (Å²) >= 11 is 0. The van der Waals surface area contributed by atoms with Crippen LogP contribution in [0.4, 0.5) is 11.5 Å². The molecule has 144 valence electrons. The van der Waals surface area contributed by atoms with Gasteiger partial charge in [-0.25, -0.2) is 13.2 Å². The van der Waals surface area contributed by atoms with Crippen LogP contribution in [0.5, 0.6) is 0 Å². The number of aromatic carboxylic acids is 1. The van der Waals surface area contributed by atoms with Crippen molar-refractivity contribution in [3.63, 3.8) is 0 Å². The number of amides is 1. The molecular weight excluding hydrogens is 384 g/mol. The number of carboxylic acid groups (broad SMARTS) is 1. The summed E-state index contributed by atoms with van der Waals surface area (Å²) in [5.41, 5.74) is 0.203. The molecule has 3 rings (SSSR count). The highest BCUT2D eigenvalue weighted by atomic mass is 32.2. The van der Waals surface area contributed by atoms with Gasteiger partial charge >= 0.3 is 5.97 Å². The Labute approximate surface area is 160 Å². The lowest BCUT2D eigenvalue weighted by molar-refractivity contribution is 0.0692. The Morgan fingerprint density at radius 2 is 1.64 bits per heavy atom. The van der Waals surface area contributed by atoms with Gasteiger partial charge in [-0.05, 0) is 36.4 Å². The van der Waals surface area contributed by atoms with Crippen LogP contribution in [-0.4, -0.2) is 35.2 Å². The normalized spacial score (nSPS) is 11.0. The van der Waals surface area contributed by atoms with Crippen LogP contribution in [-0.2, 0) is 17.1 Å². The Morgan fingerprint density at radius 3 is 2.21 bits per heavy atom. The molecule has 3 aromatic rings. The first kappa shape index (κ1) is 19.1. The van der Waals surface area contributed by atoms with Crippen LogP contribution in [0, 0.1) is 0 Å². The molecule has 0 saturated heterocycles. The predicted molar refractivity (Wildman–Crippen MR) is 102 cm³/mol. The lowest BCUT2D eigenvalue weighted by Gasteiger charge is -2.10. The summed E-state index contributed by atoms with van der Waals surface area (Å²) in [6, 6.07) is 12.8. The lowest BCUT2D eigenvalue weighted by Crippen LogP contribution is -2.17. The van der Waals surface area contributed by atoms with Gasteiger partial charge in [0.1, 0.15) is 5.82 Å². The molecule has 1 amide bonds. The Hall–Kier alpha value is -3.66. The molecule has 0 radical (unpaired) electrons. The second-order valence-electron chi connectivity index (χ2n) is 5.77. The first-order valence-corrected chi connectivity index (χ1v) is 9.51. The van der Waals surface area contributed by atoms with Crippen molar-refractivity contribution in [2.45, 2.75) is 4.90 Å². The van der Waals surface area contributed by atoms with Crippen LogP contribution >= 0.6 is 0 Å². The predicted octanol–water partition coefficient (Wildman–Crippen LogP) is 2.17. The largest absolute Gasteiger partial charge is 0.478 e. The molecule has 10 heteroatoms. The van der Waals surface area contributed by atoms with E-state index in [0.29, 0.717) is 11.5 Å². The van der Waals surface area contributed by atoms with Gasteiger partial charge in [0.15, 0.2) is 0 Å². The fourth-order valence-corrected chi connectivity index (χ4v) is 3.54. The highest BCUT2D eigenvalue weighted by Crippen LogP contribution is 2.19. The van der Waals surface area contributed by atoms with E-state index in [1.54, 1.807) is 13.1 Å². The number of nitrogens with one attached hydrogen (secondary N) is 2. The maximum Gasteiger partial charge on any atom is 0.336 e. The van der Waals surface area contributed by atoms with Crippen LogP contribution in [0.2, 0.25) is 0 Å². The van der Waals surface area contributed by atoms with E-state index in [1.807, 2.05) is 0 Å². The number of nitrogens with zero attached hydrogens (tertiary/aromatic N) is 2. The number of rotatable bonds is 6. The number of sulfonamides is 1. The fourth-order valence-electron chi connectivity index (χ4n) is 2.45. The third-order valence-corrected chi connectivity index (χ3v) is 5.26. The molecular formula is C18H16N4O5S. The minimum absolute atomic E-state index is 0.00219. The van der Waals surface area contributed by atoms with Crippen LogP contribution in [0.3, 0.4) is 0 Å². The summed E-state index contributed by atoms with van der Waals surface area (Å²) in [7, 11) is -2.22. The summed E-state index contributed by atoms with van der Waals surface area (Å²) in [6.45, 7) is 0. The van der Waals surface area contributed by atoms with Crippen LogP contribution in [0.1, 0.15) is 20.7 Å². The van der Waals surface area contributed by atoms with E-state index >= 15 is 0 Å². The number of aryl methyl sites for hydroxylation is 1. The number of carbonyl (C=O) groups excluding carboxylic acids is 1. The fraction of sp³-hybridized carbons (Fsp3) is 0.0556. The molecule has 1 heterocycles. The summed E-state index contributed by atoms with van der Waals surface area (Å²) in [4.78, 5) is 23.6. The average molecular weight is 400 g/mol. The summed E-state index contributed by atoms with van der Waals surface area (Å²) < 4.78 is 28.6. The zero-order valence-corrected chi connectivity index (χ0v) is 15.5. The first-order valence-electron chi connectivity index (χ1n) is 8.02. The lowest BCUT2D eigenvalue weighted by atomic mass is 10.1. The number of carboxylic acids is 1. The van der Waals surface area contributed by atoms with Crippen molar-refractivity contribution in [3.8, 4) is 0 Å². The minimum atomic E-state index is -3.82. The average Bonchev–Trinajstić information content (AvgIpc) is 3.06. The molecule has 0 spiro atoms. The summed E-state index contributed by atoms with van der Waals surface area (Å²) in [6.07, 6.45) is 1.46. The van der Waals surface area contributed by atoms with Gasteiger partial charge in [0.05, 0.1) is 22.2 Å². The van der Waals surface area contributed by atoms with Crippen molar-refractivity contribution in [1.82, 2.24) is 9.78 Å². The number of anilines is 2. The van der Waals surface area contributed by atoms with E-state index in [1.165, 1.54) is 59.4 Å². The van der Waals surface area contributed by atoms with Gasteiger partial charge in [-0.1, -0.05) is 12.1 Å². The van der Waals surface area contributed by atoms with Crippen LogP contribution < -0.4 is 10.0 Å². The topological polar surface area (TPSA) is 130 Å². The number of aromatic nitrogens is 2. The van der Waals surface area contributed by atoms with E-state index in [4.69, 9.17) is 0 Å². The van der Waals surface area contributed by atoms with Crippen molar-refractivity contribution in [2.24, 2.45) is 7.05 Å². The van der Waals surface area contributed by atoms with Gasteiger partial charge < -0.3 is 10.4 Å². The second kappa shape index (κ2) is 7.53. The second-order valence-corrected chi connectivity index (χ2v) is 7.46. The molecule has 1 aromatic heterocycles. The molecule has 2 aromatic carbocycles. The molecule has 28 heavy (non-hydrogen) atoms. The molecule has 0 unspecified atom stereocenters. The number of benzene rings is 2. The quantitative estimate of drug-likeness (QED) is 0.581. The van der Waals surface area contributed by atoms with Gasteiger partial charge in [0.25, 0.3) is 15.9 Å². The molecule has 0 aliphatic rings. The SMILES string of the molecule is Cn1nccc1NS(=O)(=O)c1ccc(NC(=O)c2ccccc2C(=O)O)cc1. The molecule has 0 atom stereocenters. The van der Waals surface area contributed by atoms with Crippen molar-refractivity contribution >= 4 is 33.4 Å². The third-order valence-electron chi connectivity index (χ3n) is 3.88. The van der Waals surface area contributed by atoms with Crippen LogP contribution in [0.15, 0.2) is 65.7 Å². The van der Waals surface area contributed by atoms with Gasteiger partial charge in [0.2, 0.25) is 0 Å². The Bertz CT molecular complexity index is 1140. The van der Waals surface area contributed by atoms with Gasteiger partial charge in [-0.3, -0.25) is 14.2 Å². The van der Waals surface area contributed by atoms with E-state index in [9.17, 15) is 23.1 Å². The summed E-state index contributed by atoms with van der Waals surface area (Å²) in [5, 5.41) is 15.6. The van der Waals surface area contributed by atoms with Crippen molar-refractivity contribution in [3.05, 3.63) is 71.9 Å². The van der Waals surface area contributed by atoms with Gasteiger partial charge in [-0.15, -0.1) is 0 Å². The van der Waals surface area contributed by atoms with Gasteiger partial charge in [0, 0.05) is 18.8 Å². The highest BCUT2D eigenvalue weighted by molar-refractivity contribution is 7.92. The molecule has 0 aliphatic heterocycles. The van der Waals surface area contributed by atoms with E-state index in [2.05, 4.69) is 15.1 Å². The Morgan fingerprint density at radius 1 is 1.00 bits per heavy atom. The molecule has 0 aliphatic carbocycles. The smallest absolute Gasteiger partial charge is 0.336 e. The van der Waals surface area contributed by atoms with E-state index in [0.717, 1.165) is 0 Å². The van der Waals surface area contributed by atoms with Gasteiger partial charge in [-0.2, -0.15) is 5.10 Å². The molecule has 0 fully saturated rings. The zero-order chi connectivity index (χ0) is 20.3. The molecule has 0 bridgehead atoms. The van der Waals surface area contributed by atoms with Crippen LogP contribution in [0.25, 0.3) is 0 Å². The summed E-state index contributed by atoms with van der Waals surface area (Å²) in [5.74, 6) is -1.52. The maximum atomic E-state index is 12.4. The monoisotopic (exact) mass is 400 g/mol. The van der Waals surface area contributed by atoms with Crippen molar-refractivity contribution < 1.29 is 23.1 Å². The number of carbonyl (C=O) groups is 2. The maximum absolute atomic E-state index is 12.4.